The molecule has 12 saturated heterocycles. The predicted molar refractivity (Wildman–Crippen MR) is 223 cm³/mol. The van der Waals surface area contributed by atoms with E-state index < -0.39 is 64.4 Å². The summed E-state index contributed by atoms with van der Waals surface area (Å²) in [5.41, 5.74) is -3.86. The number of carbonyl (C=O) groups is 3. The fourth-order valence-corrected chi connectivity index (χ4v) is 16.9. The first-order valence-corrected chi connectivity index (χ1v) is 25.8. The molecule has 15 nitrogen and oxygen atoms in total. The molecule has 15 aliphatic rings. The molecule has 15 rings (SSSR count). The minimum Gasteiger partial charge on any atom is -0.432 e. The van der Waals surface area contributed by atoms with Crippen LogP contribution in [0.5, 0.6) is 0 Å². The number of carbonyl (C=O) groups excluding carboxylic acids is 3. The number of rotatable bonds is 10. The monoisotopic (exact) mass is 912 g/mol. The maximum atomic E-state index is 15.3. The summed E-state index contributed by atoms with van der Waals surface area (Å²) < 4.78 is 38.5. The van der Waals surface area contributed by atoms with Crippen LogP contribution in [0.2, 0.25) is 0 Å². The van der Waals surface area contributed by atoms with Gasteiger partial charge in [0.05, 0.1) is 17.3 Å². The van der Waals surface area contributed by atoms with Gasteiger partial charge in [0.25, 0.3) is 0 Å². The zero-order valence-corrected chi connectivity index (χ0v) is 39.3. The fraction of sp³-hybridized carbons (Fsp3) is 0.940. The molecule has 362 valence electrons. The lowest BCUT2D eigenvalue weighted by Crippen LogP contribution is -2.74. The van der Waals surface area contributed by atoms with Gasteiger partial charge in [0.2, 0.25) is 36.2 Å². The Bertz CT molecular complexity index is 1930. The zero-order chi connectivity index (χ0) is 44.9. The van der Waals surface area contributed by atoms with Crippen molar-refractivity contribution in [3.63, 3.8) is 0 Å². The van der Waals surface area contributed by atoms with Gasteiger partial charge in [0, 0.05) is 54.8 Å². The van der Waals surface area contributed by atoms with E-state index in [1.54, 1.807) is 0 Å². The molecular weight excluding hydrogens is 841 g/mol. The largest absolute Gasteiger partial charge is 0.432 e. The topological polar surface area (TPSA) is 162 Å². The summed E-state index contributed by atoms with van der Waals surface area (Å²) in [4.78, 5) is 81.5. The van der Waals surface area contributed by atoms with Crippen LogP contribution in [0.15, 0.2) is 0 Å². The van der Waals surface area contributed by atoms with E-state index >= 15 is 4.79 Å². The van der Waals surface area contributed by atoms with Crippen molar-refractivity contribution in [1.29, 1.82) is 0 Å². The van der Waals surface area contributed by atoms with Gasteiger partial charge in [-0.2, -0.15) is 0 Å². The highest BCUT2D eigenvalue weighted by molar-refractivity contribution is 5.81. The molecule has 3 saturated carbocycles. The lowest BCUT2D eigenvalue weighted by Gasteiger charge is -2.63. The minimum absolute atomic E-state index is 0.0274. The van der Waals surface area contributed by atoms with Crippen molar-refractivity contribution in [3.05, 3.63) is 0 Å². The van der Waals surface area contributed by atoms with Crippen LogP contribution < -0.4 is 0 Å². The van der Waals surface area contributed by atoms with E-state index in [1.165, 1.54) is 0 Å². The molecule has 3 spiro atoms. The van der Waals surface area contributed by atoms with Gasteiger partial charge < -0.3 is 28.4 Å². The van der Waals surface area contributed by atoms with Crippen molar-refractivity contribution in [2.24, 2.45) is 70.5 Å². The van der Waals surface area contributed by atoms with Crippen LogP contribution in [0.1, 0.15) is 170 Å². The number of unbranched alkanes of at least 4 members (excludes halogenated alkanes) is 4. The molecule has 12 aliphatic heterocycles. The third kappa shape index (κ3) is 6.26. The van der Waals surface area contributed by atoms with Crippen molar-refractivity contribution < 1.29 is 72.1 Å². The molecule has 3 aliphatic carbocycles. The van der Waals surface area contributed by atoms with E-state index in [0.29, 0.717) is 56.3 Å². The lowest BCUT2D eigenvalue weighted by atomic mass is 9.49. The Balaban J connectivity index is 0.793. The maximum absolute atomic E-state index is 15.3. The highest BCUT2D eigenvalue weighted by Crippen LogP contribution is 2.68. The van der Waals surface area contributed by atoms with Crippen LogP contribution in [0.25, 0.3) is 0 Å². The molecule has 1 unspecified atom stereocenters. The predicted octanol–water partition coefficient (Wildman–Crippen LogP) is 8.64. The van der Waals surface area contributed by atoms with Crippen molar-refractivity contribution in [3.8, 4) is 0 Å². The summed E-state index contributed by atoms with van der Waals surface area (Å²) in [6.45, 7) is 12.4. The molecule has 21 atom stereocenters. The van der Waals surface area contributed by atoms with E-state index in [-0.39, 0.29) is 65.8 Å². The summed E-state index contributed by atoms with van der Waals surface area (Å²) in [7, 11) is 0. The molecule has 0 aromatic heterocycles. The Morgan fingerprint density at radius 3 is 1.48 bits per heavy atom. The second kappa shape index (κ2) is 15.3. The first-order valence-electron chi connectivity index (χ1n) is 25.8. The first-order chi connectivity index (χ1) is 31.1. The molecule has 0 aromatic rings. The number of hydrogen-bond acceptors (Lipinski definition) is 15. The molecular formula is C50H72O15. The third-order valence-electron chi connectivity index (χ3n) is 20.3. The third-order valence-corrected chi connectivity index (χ3v) is 20.3. The summed E-state index contributed by atoms with van der Waals surface area (Å²) in [6.07, 6.45) is 13.0. The van der Waals surface area contributed by atoms with Gasteiger partial charge in [-0.05, 0) is 116 Å². The van der Waals surface area contributed by atoms with E-state index in [9.17, 15) is 9.59 Å². The number of ether oxygens (including phenoxy) is 6. The van der Waals surface area contributed by atoms with Crippen molar-refractivity contribution in [2.75, 3.05) is 0 Å². The van der Waals surface area contributed by atoms with Crippen molar-refractivity contribution >= 4 is 17.9 Å². The minimum atomic E-state index is -1.09. The Hall–Kier alpha value is -1.95. The van der Waals surface area contributed by atoms with E-state index in [0.717, 1.165) is 83.5 Å². The van der Waals surface area contributed by atoms with Gasteiger partial charge in [-0.15, -0.1) is 0 Å². The maximum Gasteiger partial charge on any atom is 0.314 e. The Labute approximate surface area is 382 Å². The molecule has 0 N–H and O–H groups in total. The Morgan fingerprint density at radius 2 is 0.908 bits per heavy atom. The summed E-state index contributed by atoms with van der Waals surface area (Å²) >= 11 is 0. The molecule has 12 heterocycles. The molecule has 0 amide bonds. The summed E-state index contributed by atoms with van der Waals surface area (Å²) in [5.74, 6) is -4.04. The Morgan fingerprint density at radius 1 is 0.462 bits per heavy atom. The smallest absolute Gasteiger partial charge is 0.314 e. The Kier molecular flexibility index (Phi) is 10.4. The van der Waals surface area contributed by atoms with Crippen LogP contribution >= 0.6 is 0 Å². The normalized spacial score (nSPS) is 55.9. The highest BCUT2D eigenvalue weighted by Gasteiger charge is 2.77. The number of fused-ring (bicyclic) bond motifs is 6. The van der Waals surface area contributed by atoms with Gasteiger partial charge in [0.1, 0.15) is 0 Å². The van der Waals surface area contributed by atoms with Crippen molar-refractivity contribution in [2.45, 2.75) is 223 Å². The average molecular weight is 913 g/mol. The SMILES string of the molecule is C[C@@H]1CC[C@H]2[C@H](C[C@@]3(CCCCCCCC4C(=O)O[C@@H]5O[C@]6(C)CC[C@H]7[C@H](C)CC[C@@H]4[C@@]57OO6)C(=O)O[C@@H]4O[C@]5(C)CC[C@H]6[C@H](C)CC[C@@H]3[C@@]46OO5)C(=O)O[C@@H]3O[C@]4(C)CC[C@@H]1[C@]32OO4. The second-order valence-corrected chi connectivity index (χ2v) is 23.8. The van der Waals surface area contributed by atoms with Crippen LogP contribution in [0.3, 0.4) is 0 Å². The molecule has 6 bridgehead atoms. The van der Waals surface area contributed by atoms with Crippen LogP contribution in [-0.4, -0.2) is 70.9 Å². The molecule has 65 heavy (non-hydrogen) atoms. The molecule has 15 heteroatoms. The standard InChI is InChI=1S/C50H72O15/c1-27-13-16-35-30(38(51)54-41-48(35)32(27)19-23-44(4,57-41)60-63-48)12-10-8-7-9-11-22-47(37-18-15-29(3)34-21-25-46(6)59-43(56-40(47)53)50(34,37)65-62-46)26-31-36-17-14-28(2)33-20-24-45(5)58-42(55-39(31)52)49(33,36)64-61-45/h27-37,41-43H,7-26H2,1-6H3/t27-,28-,29-,30?,31+,32+,33+,34+,35+,36+,37+,41-,42-,43-,44+,45+,46+,47-,48-,49-,50-/m1/s1. The van der Waals surface area contributed by atoms with Gasteiger partial charge in [-0.25, -0.2) is 29.3 Å². The van der Waals surface area contributed by atoms with Crippen LogP contribution in [0.4, 0.5) is 0 Å². The second-order valence-electron chi connectivity index (χ2n) is 23.8. The van der Waals surface area contributed by atoms with Gasteiger partial charge >= 0.3 is 17.9 Å². The lowest BCUT2D eigenvalue weighted by molar-refractivity contribution is -0.564. The quantitative estimate of drug-likeness (QED) is 0.0886. The van der Waals surface area contributed by atoms with E-state index in [1.807, 2.05) is 20.8 Å². The zero-order valence-electron chi connectivity index (χ0n) is 39.3. The van der Waals surface area contributed by atoms with Gasteiger partial charge in [-0.3, -0.25) is 14.4 Å². The molecule has 0 aromatic carbocycles. The van der Waals surface area contributed by atoms with Gasteiger partial charge in [0.15, 0.2) is 16.8 Å². The number of esters is 3. The average Bonchev–Trinajstić information content (AvgIpc) is 3.75. The van der Waals surface area contributed by atoms with E-state index in [4.69, 9.17) is 57.7 Å². The molecule has 0 radical (unpaired) electrons. The van der Waals surface area contributed by atoms with Crippen LogP contribution in [0, 0.1) is 70.5 Å². The first kappa shape index (κ1) is 44.3. The van der Waals surface area contributed by atoms with Crippen molar-refractivity contribution in [1.82, 2.24) is 0 Å². The molecule has 15 fully saturated rings. The van der Waals surface area contributed by atoms with E-state index in [2.05, 4.69) is 20.8 Å². The summed E-state index contributed by atoms with van der Waals surface area (Å²) in [6, 6.07) is 0. The highest BCUT2D eigenvalue weighted by atomic mass is 17.3. The van der Waals surface area contributed by atoms with Gasteiger partial charge in [-0.1, -0.05) is 52.9 Å². The number of hydrogen-bond donors (Lipinski definition) is 0. The fourth-order valence-electron chi connectivity index (χ4n) is 16.9. The van der Waals surface area contributed by atoms with Crippen LogP contribution in [-0.2, 0) is 72.1 Å². The summed E-state index contributed by atoms with van der Waals surface area (Å²) in [5, 5.41) is 0.